The molecule has 84 valence electrons. The van der Waals surface area contributed by atoms with Gasteiger partial charge in [-0.1, -0.05) is 23.7 Å². The highest BCUT2D eigenvalue weighted by Gasteiger charge is 1.85. The number of nitrogens with one attached hydrogen (secondary N) is 2. The molecule has 6 N–H and O–H groups in total. The maximum absolute atomic E-state index is 5.22. The van der Waals surface area contributed by atoms with E-state index in [0.717, 1.165) is 19.5 Å². The quantitative estimate of drug-likeness (QED) is 0.316. The molecule has 0 fully saturated rings. The Balaban J connectivity index is 3.05. The van der Waals surface area contributed by atoms with Crippen LogP contribution in [0.25, 0.3) is 0 Å². The summed E-state index contributed by atoms with van der Waals surface area (Å²) in [7, 11) is 0. The maximum Gasteiger partial charge on any atom is 0.0577 e. The van der Waals surface area contributed by atoms with E-state index in [0.29, 0.717) is 26.2 Å². The largest absolute Gasteiger partial charge is 0.320 e. The van der Waals surface area contributed by atoms with E-state index in [4.69, 9.17) is 11.5 Å². The van der Waals surface area contributed by atoms with E-state index >= 15 is 0 Å². The summed E-state index contributed by atoms with van der Waals surface area (Å²) in [6, 6.07) is 0. The van der Waals surface area contributed by atoms with Crippen LogP contribution in [0.4, 0.5) is 0 Å². The summed E-state index contributed by atoms with van der Waals surface area (Å²) in [5, 5.41) is 6.39. The van der Waals surface area contributed by atoms with Gasteiger partial charge in [0.2, 0.25) is 0 Å². The van der Waals surface area contributed by atoms with Crippen molar-refractivity contribution in [3.8, 4) is 23.7 Å². The van der Waals surface area contributed by atoms with Crippen LogP contribution in [0.15, 0.2) is 0 Å². The number of hydrogen-bond acceptors (Lipinski definition) is 4. The molecule has 0 spiro atoms. The molecule has 0 saturated carbocycles. The average Bonchev–Trinajstić information content (AvgIpc) is 2.26. The van der Waals surface area contributed by atoms with Crippen molar-refractivity contribution in [2.75, 3.05) is 39.3 Å². The van der Waals surface area contributed by atoms with Crippen molar-refractivity contribution in [1.82, 2.24) is 10.6 Å². The van der Waals surface area contributed by atoms with E-state index in [-0.39, 0.29) is 0 Å². The lowest BCUT2D eigenvalue weighted by Gasteiger charge is -2.00. The molecule has 0 aliphatic heterocycles. The van der Waals surface area contributed by atoms with Gasteiger partial charge in [-0.25, -0.2) is 0 Å². The molecule has 0 radical (unpaired) electrons. The Labute approximate surface area is 92.2 Å². The Morgan fingerprint density at radius 3 is 1.60 bits per heavy atom. The van der Waals surface area contributed by atoms with Crippen molar-refractivity contribution < 1.29 is 0 Å². The maximum atomic E-state index is 5.22. The molecule has 0 aromatic heterocycles. The van der Waals surface area contributed by atoms with E-state index in [2.05, 4.69) is 34.3 Å². The number of nitrogens with two attached hydrogens (primary N) is 2. The molecule has 0 heterocycles. The van der Waals surface area contributed by atoms with Crippen LogP contribution in [0.3, 0.4) is 0 Å². The summed E-state index contributed by atoms with van der Waals surface area (Å²) in [6.45, 7) is 4.20. The Morgan fingerprint density at radius 2 is 1.20 bits per heavy atom. The van der Waals surface area contributed by atoms with E-state index in [9.17, 15) is 0 Å². The zero-order valence-electron chi connectivity index (χ0n) is 9.10. The van der Waals surface area contributed by atoms with Gasteiger partial charge in [-0.2, -0.15) is 0 Å². The summed E-state index contributed by atoms with van der Waals surface area (Å²) in [5.41, 5.74) is 10.4. The molecule has 4 heteroatoms. The molecule has 0 aliphatic rings. The summed E-state index contributed by atoms with van der Waals surface area (Å²) < 4.78 is 0. The lowest BCUT2D eigenvalue weighted by atomic mass is 10.4. The zero-order chi connectivity index (χ0) is 11.2. The molecule has 0 aromatic carbocycles. The van der Waals surface area contributed by atoms with Gasteiger partial charge in [0, 0.05) is 0 Å². The third-order valence-electron chi connectivity index (χ3n) is 1.59. The van der Waals surface area contributed by atoms with E-state index < -0.39 is 0 Å². The molecule has 0 aliphatic carbocycles. The highest BCUT2D eigenvalue weighted by atomic mass is 14.9. The predicted molar refractivity (Wildman–Crippen MR) is 64.0 cm³/mol. The first-order valence-corrected chi connectivity index (χ1v) is 5.14. The second kappa shape index (κ2) is 13.0. The van der Waals surface area contributed by atoms with Gasteiger partial charge in [0.15, 0.2) is 0 Å². The van der Waals surface area contributed by atoms with Crippen LogP contribution in [-0.2, 0) is 0 Å². The van der Waals surface area contributed by atoms with Gasteiger partial charge in [-0.05, 0) is 19.5 Å². The smallest absolute Gasteiger partial charge is 0.0577 e. The summed E-state index contributed by atoms with van der Waals surface area (Å²) in [6.07, 6.45) is 1.06. The van der Waals surface area contributed by atoms with Crippen molar-refractivity contribution in [3.63, 3.8) is 0 Å². The second-order valence-electron chi connectivity index (χ2n) is 2.82. The molecule has 0 rings (SSSR count). The zero-order valence-corrected chi connectivity index (χ0v) is 9.10. The number of hydrogen-bond donors (Lipinski definition) is 4. The third-order valence-corrected chi connectivity index (χ3v) is 1.59. The normalized spacial score (nSPS) is 8.67. The minimum Gasteiger partial charge on any atom is -0.320 e. The molecule has 0 bridgehead atoms. The molecule has 0 atom stereocenters. The lowest BCUT2D eigenvalue weighted by molar-refractivity contribution is 0.646. The molecule has 0 saturated heterocycles. The van der Waals surface area contributed by atoms with Crippen LogP contribution in [0.1, 0.15) is 6.42 Å². The van der Waals surface area contributed by atoms with Crippen LogP contribution in [0, 0.1) is 23.7 Å². The van der Waals surface area contributed by atoms with Gasteiger partial charge in [-0.15, -0.1) is 0 Å². The summed E-state index contributed by atoms with van der Waals surface area (Å²) in [5.74, 6) is 11.4. The Morgan fingerprint density at radius 1 is 0.733 bits per heavy atom. The third kappa shape index (κ3) is 13.0. The number of rotatable bonds is 6. The first-order valence-electron chi connectivity index (χ1n) is 5.14. The fraction of sp³-hybridized carbons (Fsp3) is 0.636. The molecule has 4 nitrogen and oxygen atoms in total. The minimum atomic E-state index is 0.434. The Bertz CT molecular complexity index is 215. The van der Waals surface area contributed by atoms with Gasteiger partial charge < -0.3 is 22.1 Å². The Kier molecular flexibility index (Phi) is 12.1. The fourth-order valence-corrected chi connectivity index (χ4v) is 0.910. The molecule has 0 aromatic rings. The van der Waals surface area contributed by atoms with Gasteiger partial charge in [0.1, 0.15) is 0 Å². The van der Waals surface area contributed by atoms with Crippen molar-refractivity contribution in [3.05, 3.63) is 0 Å². The average molecular weight is 208 g/mol. The summed E-state index contributed by atoms with van der Waals surface area (Å²) >= 11 is 0. The molecule has 15 heavy (non-hydrogen) atoms. The van der Waals surface area contributed by atoms with E-state index in [1.54, 1.807) is 0 Å². The van der Waals surface area contributed by atoms with Crippen molar-refractivity contribution in [2.45, 2.75) is 6.42 Å². The highest BCUT2D eigenvalue weighted by Crippen LogP contribution is 1.71. The van der Waals surface area contributed by atoms with Crippen molar-refractivity contribution in [1.29, 1.82) is 0 Å². The fourth-order valence-electron chi connectivity index (χ4n) is 0.910. The molecule has 0 unspecified atom stereocenters. The minimum absolute atomic E-state index is 0.434. The van der Waals surface area contributed by atoms with Gasteiger partial charge in [-0.3, -0.25) is 0 Å². The van der Waals surface area contributed by atoms with E-state index in [1.807, 2.05) is 0 Å². The van der Waals surface area contributed by atoms with Crippen molar-refractivity contribution >= 4 is 0 Å². The Hall–Kier alpha value is -1.04. The van der Waals surface area contributed by atoms with Gasteiger partial charge in [0.05, 0.1) is 26.2 Å². The van der Waals surface area contributed by atoms with E-state index in [1.165, 1.54) is 0 Å². The van der Waals surface area contributed by atoms with Gasteiger partial charge in [0.25, 0.3) is 0 Å². The van der Waals surface area contributed by atoms with Crippen LogP contribution < -0.4 is 22.1 Å². The van der Waals surface area contributed by atoms with Gasteiger partial charge >= 0.3 is 0 Å². The van der Waals surface area contributed by atoms with Crippen LogP contribution in [0.2, 0.25) is 0 Å². The van der Waals surface area contributed by atoms with Crippen LogP contribution in [0.5, 0.6) is 0 Å². The highest BCUT2D eigenvalue weighted by molar-refractivity contribution is 5.02. The predicted octanol–water partition coefficient (Wildman–Crippen LogP) is -1.52. The monoisotopic (exact) mass is 208 g/mol. The standard InChI is InChI=1S/C11H20N4/c12-6-1-3-8-14-10-5-11-15-9-4-2-7-13/h14-15H,5-13H2. The topological polar surface area (TPSA) is 76.1 Å². The van der Waals surface area contributed by atoms with Crippen molar-refractivity contribution in [2.24, 2.45) is 11.5 Å². The van der Waals surface area contributed by atoms with Crippen LogP contribution >= 0.6 is 0 Å². The van der Waals surface area contributed by atoms with Crippen LogP contribution in [-0.4, -0.2) is 39.3 Å². The second-order valence-corrected chi connectivity index (χ2v) is 2.82. The lowest BCUT2D eigenvalue weighted by Crippen LogP contribution is -2.22. The first kappa shape index (κ1) is 14.0. The molecular weight excluding hydrogens is 188 g/mol. The first-order chi connectivity index (χ1) is 7.41. The molecular formula is C11H20N4. The summed E-state index contributed by atoms with van der Waals surface area (Å²) in [4.78, 5) is 0. The molecule has 0 amide bonds. The SMILES string of the molecule is NCC#CCNCCCNCC#CCN.